The fourth-order valence-corrected chi connectivity index (χ4v) is 3.73. The third-order valence-electron chi connectivity index (χ3n) is 3.29. The Morgan fingerprint density at radius 3 is 2.76 bits per heavy atom. The fraction of sp³-hybridized carbons (Fsp3) is 0.375. The van der Waals surface area contributed by atoms with Gasteiger partial charge in [0.05, 0.1) is 12.3 Å². The second-order valence-corrected chi connectivity index (χ2v) is 7.08. The van der Waals surface area contributed by atoms with Crippen LogP contribution in [0.2, 0.25) is 0 Å². The van der Waals surface area contributed by atoms with E-state index in [0.29, 0.717) is 6.61 Å². The molecule has 112 valence electrons. The molecule has 0 N–H and O–H groups in total. The summed E-state index contributed by atoms with van der Waals surface area (Å²) in [5.74, 6) is -0.246. The predicted octanol–water partition coefficient (Wildman–Crippen LogP) is 4.72. The third-order valence-corrected chi connectivity index (χ3v) is 4.82. The summed E-state index contributed by atoms with van der Waals surface area (Å²) in [5.41, 5.74) is 2.24. The number of thiazole rings is 1. The molecule has 3 nitrogen and oxygen atoms in total. The molecule has 0 radical (unpaired) electrons. The minimum absolute atomic E-state index is 0.246. The maximum absolute atomic E-state index is 12.1. The van der Waals surface area contributed by atoms with Crippen LogP contribution in [0.15, 0.2) is 28.1 Å². The molecule has 1 heterocycles. The summed E-state index contributed by atoms with van der Waals surface area (Å²) >= 11 is 5.11. The monoisotopic (exact) mass is 367 g/mol. The van der Waals surface area contributed by atoms with E-state index in [9.17, 15) is 4.79 Å². The first-order valence-electron chi connectivity index (χ1n) is 6.76. The zero-order chi connectivity index (χ0) is 15.6. The van der Waals surface area contributed by atoms with E-state index < -0.39 is 5.41 Å². The molecule has 0 saturated carbocycles. The first-order valence-corrected chi connectivity index (χ1v) is 8.43. The van der Waals surface area contributed by atoms with E-state index in [1.54, 1.807) is 0 Å². The van der Waals surface area contributed by atoms with Crippen LogP contribution in [0.5, 0.6) is 0 Å². The van der Waals surface area contributed by atoms with Gasteiger partial charge in [0.25, 0.3) is 0 Å². The van der Waals surface area contributed by atoms with Crippen molar-refractivity contribution in [1.82, 2.24) is 4.98 Å². The lowest BCUT2D eigenvalue weighted by Crippen LogP contribution is -2.31. The van der Waals surface area contributed by atoms with Gasteiger partial charge in [0.15, 0.2) is 0 Å². The van der Waals surface area contributed by atoms with Gasteiger partial charge >= 0.3 is 5.97 Å². The van der Waals surface area contributed by atoms with Gasteiger partial charge in [-0.05, 0) is 39.3 Å². The molecule has 0 aliphatic heterocycles. The molecular formula is C16H18BrNO2S. The summed E-state index contributed by atoms with van der Waals surface area (Å²) in [4.78, 5) is 16.7. The molecule has 21 heavy (non-hydrogen) atoms. The largest absolute Gasteiger partial charge is 0.465 e. The smallest absolute Gasteiger partial charge is 0.317 e. The predicted molar refractivity (Wildman–Crippen MR) is 89.6 cm³/mol. The van der Waals surface area contributed by atoms with Crippen LogP contribution in [-0.2, 0) is 14.9 Å². The summed E-state index contributed by atoms with van der Waals surface area (Å²) in [6.45, 7) is 7.92. The van der Waals surface area contributed by atoms with Crippen LogP contribution in [-0.4, -0.2) is 17.6 Å². The van der Waals surface area contributed by atoms with Crippen molar-refractivity contribution < 1.29 is 9.53 Å². The number of carbonyl (C=O) groups excluding carboxylic acids is 1. The maximum Gasteiger partial charge on any atom is 0.317 e. The molecule has 1 aromatic carbocycles. The summed E-state index contributed by atoms with van der Waals surface area (Å²) in [6.07, 6.45) is 0. The summed E-state index contributed by atoms with van der Waals surface area (Å²) in [7, 11) is 0. The van der Waals surface area contributed by atoms with E-state index in [1.807, 2.05) is 39.1 Å². The highest BCUT2D eigenvalue weighted by molar-refractivity contribution is 9.10. The normalized spacial score (nSPS) is 11.5. The van der Waals surface area contributed by atoms with E-state index in [2.05, 4.69) is 33.0 Å². The molecule has 0 saturated heterocycles. The summed E-state index contributed by atoms with van der Waals surface area (Å²) in [6, 6.07) is 6.16. The van der Waals surface area contributed by atoms with Crippen molar-refractivity contribution in [3.05, 3.63) is 39.3 Å². The minimum atomic E-state index is -0.734. The molecule has 2 aromatic rings. The molecule has 0 fully saturated rings. The molecule has 2 rings (SSSR count). The van der Waals surface area contributed by atoms with Crippen LogP contribution >= 0.6 is 27.3 Å². The lowest BCUT2D eigenvalue weighted by Gasteiger charge is -2.19. The summed E-state index contributed by atoms with van der Waals surface area (Å²) < 4.78 is 6.14. The Labute approximate surface area is 137 Å². The Kier molecular flexibility index (Phi) is 4.84. The SMILES string of the molecule is CCOC(=O)C(C)(C)c1csc(-c2ccc(C)cc2Br)n1. The van der Waals surface area contributed by atoms with Crippen molar-refractivity contribution in [3.8, 4) is 10.6 Å². The maximum atomic E-state index is 12.1. The number of halogens is 1. The van der Waals surface area contributed by atoms with Crippen molar-refractivity contribution in [2.24, 2.45) is 0 Å². The van der Waals surface area contributed by atoms with Gasteiger partial charge in [-0.15, -0.1) is 11.3 Å². The van der Waals surface area contributed by atoms with Gasteiger partial charge < -0.3 is 4.74 Å². The fourth-order valence-electron chi connectivity index (χ4n) is 1.89. The molecule has 0 unspecified atom stereocenters. The Morgan fingerprint density at radius 2 is 2.14 bits per heavy atom. The average Bonchev–Trinajstić information content (AvgIpc) is 2.89. The highest BCUT2D eigenvalue weighted by atomic mass is 79.9. The molecular weight excluding hydrogens is 350 g/mol. The Balaban J connectivity index is 2.35. The lowest BCUT2D eigenvalue weighted by atomic mass is 9.90. The quantitative estimate of drug-likeness (QED) is 0.733. The van der Waals surface area contributed by atoms with Crippen molar-refractivity contribution >= 4 is 33.2 Å². The summed E-state index contributed by atoms with van der Waals surface area (Å²) in [5, 5.41) is 2.83. The van der Waals surface area contributed by atoms with Gasteiger partial charge in [-0.1, -0.05) is 28.1 Å². The number of benzene rings is 1. The first-order chi connectivity index (χ1) is 9.86. The molecule has 5 heteroatoms. The van der Waals surface area contributed by atoms with Gasteiger partial charge in [0.1, 0.15) is 10.4 Å². The topological polar surface area (TPSA) is 39.2 Å². The molecule has 0 atom stereocenters. The van der Waals surface area contributed by atoms with E-state index in [0.717, 1.165) is 20.7 Å². The minimum Gasteiger partial charge on any atom is -0.465 e. The zero-order valence-electron chi connectivity index (χ0n) is 12.6. The van der Waals surface area contributed by atoms with Crippen molar-refractivity contribution in [2.45, 2.75) is 33.1 Å². The molecule has 1 aromatic heterocycles. The molecule has 0 spiro atoms. The van der Waals surface area contributed by atoms with Crippen LogP contribution in [0.1, 0.15) is 32.0 Å². The number of aromatic nitrogens is 1. The number of nitrogens with zero attached hydrogens (tertiary/aromatic N) is 1. The van der Waals surface area contributed by atoms with Crippen LogP contribution in [0.25, 0.3) is 10.6 Å². The third kappa shape index (κ3) is 3.35. The Hall–Kier alpha value is -1.20. The van der Waals surface area contributed by atoms with Crippen molar-refractivity contribution in [2.75, 3.05) is 6.61 Å². The van der Waals surface area contributed by atoms with E-state index in [-0.39, 0.29) is 5.97 Å². The van der Waals surface area contributed by atoms with Gasteiger partial charge in [-0.25, -0.2) is 4.98 Å². The van der Waals surface area contributed by atoms with E-state index in [4.69, 9.17) is 4.74 Å². The van der Waals surface area contributed by atoms with Crippen LogP contribution in [0.3, 0.4) is 0 Å². The second kappa shape index (κ2) is 6.28. The average molecular weight is 368 g/mol. The number of esters is 1. The highest BCUT2D eigenvalue weighted by Gasteiger charge is 2.34. The number of aryl methyl sites for hydroxylation is 1. The molecule has 0 aliphatic rings. The van der Waals surface area contributed by atoms with E-state index >= 15 is 0 Å². The van der Waals surface area contributed by atoms with Crippen molar-refractivity contribution in [1.29, 1.82) is 0 Å². The number of ether oxygens (including phenoxy) is 1. The van der Waals surface area contributed by atoms with Gasteiger partial charge in [0.2, 0.25) is 0 Å². The van der Waals surface area contributed by atoms with Crippen LogP contribution < -0.4 is 0 Å². The molecule has 0 amide bonds. The number of hydrogen-bond donors (Lipinski definition) is 0. The van der Waals surface area contributed by atoms with Crippen molar-refractivity contribution in [3.63, 3.8) is 0 Å². The van der Waals surface area contributed by atoms with Gasteiger partial charge in [-0.3, -0.25) is 4.79 Å². The van der Waals surface area contributed by atoms with Gasteiger partial charge in [-0.2, -0.15) is 0 Å². The number of carbonyl (C=O) groups is 1. The highest BCUT2D eigenvalue weighted by Crippen LogP contribution is 2.34. The second-order valence-electron chi connectivity index (χ2n) is 5.37. The van der Waals surface area contributed by atoms with Crippen LogP contribution in [0, 0.1) is 6.92 Å². The molecule has 0 bridgehead atoms. The standard InChI is InChI=1S/C16H18BrNO2S/c1-5-20-15(19)16(3,4)13-9-21-14(18-13)11-7-6-10(2)8-12(11)17/h6-9H,5H2,1-4H3. The lowest BCUT2D eigenvalue weighted by molar-refractivity contribution is -0.148. The molecule has 0 aliphatic carbocycles. The first kappa shape index (κ1) is 16.2. The number of hydrogen-bond acceptors (Lipinski definition) is 4. The van der Waals surface area contributed by atoms with Gasteiger partial charge in [0, 0.05) is 15.4 Å². The number of rotatable bonds is 4. The Morgan fingerprint density at radius 1 is 1.43 bits per heavy atom. The van der Waals surface area contributed by atoms with E-state index in [1.165, 1.54) is 16.9 Å². The van der Waals surface area contributed by atoms with Crippen LogP contribution in [0.4, 0.5) is 0 Å². The zero-order valence-corrected chi connectivity index (χ0v) is 15.0. The Bertz CT molecular complexity index is 664.